The lowest BCUT2D eigenvalue weighted by atomic mass is 9.96. The molecule has 4 nitrogen and oxygen atoms in total. The number of rotatable bonds is 2. The third-order valence-corrected chi connectivity index (χ3v) is 4.21. The summed E-state index contributed by atoms with van der Waals surface area (Å²) in [5, 5.41) is 0. The molecular formula is C14H28IN3O. The van der Waals surface area contributed by atoms with Crippen molar-refractivity contribution in [2.45, 2.75) is 45.6 Å². The normalized spacial score (nSPS) is 30.0. The summed E-state index contributed by atoms with van der Waals surface area (Å²) in [5.74, 6) is 2.24. The van der Waals surface area contributed by atoms with Crippen molar-refractivity contribution in [2.24, 2.45) is 22.6 Å². The van der Waals surface area contributed by atoms with E-state index in [1.807, 2.05) is 0 Å². The Morgan fingerprint density at radius 1 is 1.26 bits per heavy atom. The zero-order valence-corrected chi connectivity index (χ0v) is 14.5. The summed E-state index contributed by atoms with van der Waals surface area (Å²) in [6, 6.07) is 0. The number of likely N-dealkylation sites (tertiary alicyclic amines) is 1. The Hall–Kier alpha value is -0.0400. The first kappa shape index (κ1) is 17.0. The molecule has 2 atom stereocenters. The number of halogens is 1. The van der Waals surface area contributed by atoms with Crippen LogP contribution in [0.25, 0.3) is 0 Å². The lowest BCUT2D eigenvalue weighted by Gasteiger charge is -2.31. The van der Waals surface area contributed by atoms with Gasteiger partial charge >= 0.3 is 0 Å². The molecule has 2 rings (SSSR count). The van der Waals surface area contributed by atoms with E-state index < -0.39 is 0 Å². The summed E-state index contributed by atoms with van der Waals surface area (Å²) in [6.45, 7) is 8.34. The molecule has 112 valence electrons. The molecule has 2 heterocycles. The first-order valence-electron chi connectivity index (χ1n) is 7.31. The van der Waals surface area contributed by atoms with Crippen molar-refractivity contribution in [1.29, 1.82) is 0 Å². The lowest BCUT2D eigenvalue weighted by Crippen LogP contribution is -2.42. The zero-order valence-electron chi connectivity index (χ0n) is 12.2. The molecule has 2 saturated heterocycles. The van der Waals surface area contributed by atoms with E-state index in [4.69, 9.17) is 10.5 Å². The predicted octanol–water partition coefficient (Wildman–Crippen LogP) is 2.47. The maximum atomic E-state index is 6.09. The van der Waals surface area contributed by atoms with Crippen molar-refractivity contribution in [1.82, 2.24) is 4.90 Å². The fraction of sp³-hybridized carbons (Fsp3) is 0.929. The van der Waals surface area contributed by atoms with Gasteiger partial charge in [0.25, 0.3) is 0 Å². The summed E-state index contributed by atoms with van der Waals surface area (Å²) in [4.78, 5) is 6.83. The summed E-state index contributed by atoms with van der Waals surface area (Å²) < 4.78 is 5.55. The Morgan fingerprint density at radius 3 is 2.58 bits per heavy atom. The van der Waals surface area contributed by atoms with Crippen LogP contribution in [0.15, 0.2) is 4.99 Å². The van der Waals surface area contributed by atoms with Crippen LogP contribution in [-0.2, 0) is 4.74 Å². The second-order valence-electron chi connectivity index (χ2n) is 5.94. The van der Waals surface area contributed by atoms with Gasteiger partial charge in [-0.1, -0.05) is 6.92 Å². The molecule has 0 amide bonds. The molecule has 0 radical (unpaired) electrons. The van der Waals surface area contributed by atoms with E-state index in [9.17, 15) is 0 Å². The van der Waals surface area contributed by atoms with Gasteiger partial charge in [-0.3, -0.25) is 4.99 Å². The standard InChI is InChI=1S/C14H27N3O.HI/c1-11-3-6-17(7-4-11)14(15)16-10-13-5-8-18-12(2)9-13;/h11-13H,3-10H2,1-2H3,(H2,15,16);1H. The van der Waals surface area contributed by atoms with Gasteiger partial charge in [-0.25, -0.2) is 0 Å². The largest absolute Gasteiger partial charge is 0.378 e. The molecule has 2 fully saturated rings. The number of aliphatic imine (C=N–C) groups is 1. The summed E-state index contributed by atoms with van der Waals surface area (Å²) in [7, 11) is 0. The highest BCUT2D eigenvalue weighted by Crippen LogP contribution is 2.20. The van der Waals surface area contributed by atoms with E-state index in [2.05, 4.69) is 23.7 Å². The van der Waals surface area contributed by atoms with Crippen molar-refractivity contribution in [3.05, 3.63) is 0 Å². The van der Waals surface area contributed by atoms with Gasteiger partial charge in [0.2, 0.25) is 0 Å². The van der Waals surface area contributed by atoms with Crippen LogP contribution in [0.4, 0.5) is 0 Å². The number of hydrogen-bond donors (Lipinski definition) is 1. The van der Waals surface area contributed by atoms with E-state index in [0.717, 1.165) is 51.0 Å². The molecule has 0 aromatic heterocycles. The molecule has 0 spiro atoms. The van der Waals surface area contributed by atoms with E-state index >= 15 is 0 Å². The third kappa shape index (κ3) is 5.45. The Labute approximate surface area is 134 Å². The van der Waals surface area contributed by atoms with Crippen molar-refractivity contribution >= 4 is 29.9 Å². The summed E-state index contributed by atoms with van der Waals surface area (Å²) >= 11 is 0. The highest BCUT2D eigenvalue weighted by molar-refractivity contribution is 14.0. The van der Waals surface area contributed by atoms with Crippen LogP contribution < -0.4 is 5.73 Å². The quantitative estimate of drug-likeness (QED) is 0.454. The molecule has 0 aromatic carbocycles. The van der Waals surface area contributed by atoms with Crippen LogP contribution in [0.5, 0.6) is 0 Å². The van der Waals surface area contributed by atoms with Crippen LogP contribution in [-0.4, -0.2) is 43.2 Å². The molecule has 19 heavy (non-hydrogen) atoms. The number of ether oxygens (including phenoxy) is 1. The number of hydrogen-bond acceptors (Lipinski definition) is 2. The second kappa shape index (κ2) is 8.29. The lowest BCUT2D eigenvalue weighted by molar-refractivity contribution is 0.00476. The smallest absolute Gasteiger partial charge is 0.191 e. The minimum absolute atomic E-state index is 0. The van der Waals surface area contributed by atoms with Gasteiger partial charge in [0.1, 0.15) is 0 Å². The van der Waals surface area contributed by atoms with Crippen molar-refractivity contribution in [3.8, 4) is 0 Å². The summed E-state index contributed by atoms with van der Waals surface area (Å²) in [6.07, 6.45) is 5.11. The zero-order chi connectivity index (χ0) is 13.0. The Morgan fingerprint density at radius 2 is 1.95 bits per heavy atom. The van der Waals surface area contributed by atoms with Gasteiger partial charge < -0.3 is 15.4 Å². The molecular weight excluding hydrogens is 353 g/mol. The molecule has 0 aliphatic carbocycles. The van der Waals surface area contributed by atoms with Crippen molar-refractivity contribution in [3.63, 3.8) is 0 Å². The maximum absolute atomic E-state index is 6.09. The van der Waals surface area contributed by atoms with Crippen molar-refractivity contribution < 1.29 is 4.74 Å². The van der Waals surface area contributed by atoms with E-state index in [1.165, 1.54) is 12.8 Å². The average molecular weight is 381 g/mol. The monoisotopic (exact) mass is 381 g/mol. The Bertz CT molecular complexity index is 290. The minimum atomic E-state index is 0. The van der Waals surface area contributed by atoms with Gasteiger partial charge in [0, 0.05) is 26.2 Å². The molecule has 2 aliphatic rings. The molecule has 0 bridgehead atoms. The number of piperidine rings is 1. The van der Waals surface area contributed by atoms with Gasteiger partial charge in [-0.15, -0.1) is 24.0 Å². The maximum Gasteiger partial charge on any atom is 0.191 e. The first-order valence-corrected chi connectivity index (χ1v) is 7.31. The first-order chi connectivity index (χ1) is 8.65. The summed E-state index contributed by atoms with van der Waals surface area (Å²) in [5.41, 5.74) is 6.09. The van der Waals surface area contributed by atoms with Gasteiger partial charge in [0.05, 0.1) is 6.10 Å². The second-order valence-corrected chi connectivity index (χ2v) is 5.94. The predicted molar refractivity (Wildman–Crippen MR) is 90.0 cm³/mol. The molecule has 2 unspecified atom stereocenters. The molecule has 2 aliphatic heterocycles. The van der Waals surface area contributed by atoms with Crippen LogP contribution >= 0.6 is 24.0 Å². The third-order valence-electron chi connectivity index (χ3n) is 4.21. The van der Waals surface area contributed by atoms with Crippen LogP contribution in [0.1, 0.15) is 39.5 Å². The molecule has 5 heteroatoms. The number of nitrogens with zero attached hydrogens (tertiary/aromatic N) is 2. The number of nitrogens with two attached hydrogens (primary N) is 1. The minimum Gasteiger partial charge on any atom is -0.378 e. The highest BCUT2D eigenvalue weighted by Gasteiger charge is 2.20. The number of guanidine groups is 1. The van der Waals surface area contributed by atoms with E-state index in [0.29, 0.717) is 12.0 Å². The fourth-order valence-electron chi connectivity index (χ4n) is 2.82. The Kier molecular flexibility index (Phi) is 7.42. The van der Waals surface area contributed by atoms with Gasteiger partial charge in [-0.2, -0.15) is 0 Å². The van der Waals surface area contributed by atoms with Gasteiger partial charge in [0.15, 0.2) is 5.96 Å². The van der Waals surface area contributed by atoms with Crippen LogP contribution in [0.3, 0.4) is 0 Å². The molecule has 2 N–H and O–H groups in total. The average Bonchev–Trinajstić information content (AvgIpc) is 2.37. The SMILES string of the molecule is CC1CCN(C(N)=NCC2CCOC(C)C2)CC1.I. The topological polar surface area (TPSA) is 50.8 Å². The van der Waals surface area contributed by atoms with Crippen molar-refractivity contribution in [2.75, 3.05) is 26.2 Å². The van der Waals surface area contributed by atoms with E-state index in [-0.39, 0.29) is 24.0 Å². The molecule has 0 saturated carbocycles. The van der Waals surface area contributed by atoms with Crippen LogP contribution in [0, 0.1) is 11.8 Å². The molecule has 0 aromatic rings. The van der Waals surface area contributed by atoms with Gasteiger partial charge in [-0.05, 0) is 44.4 Å². The highest BCUT2D eigenvalue weighted by atomic mass is 127. The van der Waals surface area contributed by atoms with Crippen LogP contribution in [0.2, 0.25) is 0 Å². The van der Waals surface area contributed by atoms with E-state index in [1.54, 1.807) is 0 Å². The Balaban J connectivity index is 0.00000180. The fourth-order valence-corrected chi connectivity index (χ4v) is 2.82.